The van der Waals surface area contributed by atoms with Gasteiger partial charge in [-0.3, -0.25) is 9.59 Å². The Hall–Kier alpha value is -2.16. The normalized spacial score (nSPS) is 19.8. The van der Waals surface area contributed by atoms with Crippen LogP contribution in [0.15, 0.2) is 24.3 Å². The molecule has 2 amide bonds. The average Bonchev–Trinajstić information content (AvgIpc) is 2.74. The Balaban J connectivity index is 1.49. The van der Waals surface area contributed by atoms with Crippen LogP contribution in [0.2, 0.25) is 0 Å². The van der Waals surface area contributed by atoms with Crippen LogP contribution < -0.4 is 15.1 Å². The van der Waals surface area contributed by atoms with Crippen LogP contribution in [-0.2, 0) is 19.1 Å². The molecule has 2 fully saturated rings. The largest absolute Gasteiger partial charge is 0.378 e. The first-order valence-corrected chi connectivity index (χ1v) is 9.96. The van der Waals surface area contributed by atoms with Crippen molar-refractivity contribution >= 4 is 23.2 Å². The van der Waals surface area contributed by atoms with Gasteiger partial charge in [0.2, 0.25) is 0 Å². The summed E-state index contributed by atoms with van der Waals surface area (Å²) in [6, 6.07) is 7.55. The van der Waals surface area contributed by atoms with Crippen molar-refractivity contribution in [3.8, 4) is 0 Å². The van der Waals surface area contributed by atoms with Gasteiger partial charge in [0, 0.05) is 37.6 Å². The highest BCUT2D eigenvalue weighted by Crippen LogP contribution is 2.19. The van der Waals surface area contributed by atoms with E-state index in [-0.39, 0.29) is 17.9 Å². The fourth-order valence-electron chi connectivity index (χ4n) is 3.37. The van der Waals surface area contributed by atoms with Gasteiger partial charge < -0.3 is 29.5 Å². The van der Waals surface area contributed by atoms with Gasteiger partial charge in [-0.1, -0.05) is 0 Å². The maximum absolute atomic E-state index is 12.6. The van der Waals surface area contributed by atoms with Gasteiger partial charge in [0.15, 0.2) is 12.6 Å². The van der Waals surface area contributed by atoms with Crippen LogP contribution in [0.1, 0.15) is 6.92 Å². The molecule has 2 aliphatic rings. The first kappa shape index (κ1) is 20.6. The molecule has 2 atom stereocenters. The number of hydrogen-bond acceptors (Lipinski definition) is 5. The van der Waals surface area contributed by atoms with Crippen LogP contribution in [0.25, 0.3) is 0 Å². The monoisotopic (exact) mass is 391 g/mol. The molecule has 0 saturated carbocycles. The smallest absolute Gasteiger partial charge is 0.282 e. The highest BCUT2D eigenvalue weighted by Gasteiger charge is 2.27. The first-order valence-electron chi connectivity index (χ1n) is 9.96. The Morgan fingerprint density at radius 1 is 1.04 bits per heavy atom. The lowest BCUT2D eigenvalue weighted by Crippen LogP contribution is -3.15. The van der Waals surface area contributed by atoms with Gasteiger partial charge in [-0.05, 0) is 31.2 Å². The minimum Gasteiger partial charge on any atom is -0.378 e. The molecule has 2 aliphatic heterocycles. The van der Waals surface area contributed by atoms with E-state index in [9.17, 15) is 9.59 Å². The summed E-state index contributed by atoms with van der Waals surface area (Å²) in [6.45, 7) is 7.82. The Morgan fingerprint density at radius 2 is 1.61 bits per heavy atom. The molecule has 1 aromatic carbocycles. The molecule has 0 aliphatic carbocycles. The van der Waals surface area contributed by atoms with Crippen molar-refractivity contribution in [2.24, 2.45) is 0 Å². The lowest BCUT2D eigenvalue weighted by Gasteiger charge is -2.29. The number of carbonyl (C=O) groups is 2. The molecule has 0 radical (unpaired) electrons. The number of carbonyl (C=O) groups excluding carboxylic acids is 2. The minimum absolute atomic E-state index is 0.0651. The van der Waals surface area contributed by atoms with Crippen molar-refractivity contribution in [1.82, 2.24) is 4.90 Å². The van der Waals surface area contributed by atoms with E-state index < -0.39 is 0 Å². The van der Waals surface area contributed by atoms with Gasteiger partial charge in [-0.25, -0.2) is 0 Å². The predicted molar refractivity (Wildman–Crippen MR) is 107 cm³/mol. The molecule has 2 N–H and O–H groups in total. The molecule has 2 heterocycles. The predicted octanol–water partition coefficient (Wildman–Crippen LogP) is -0.776. The molecule has 0 aromatic heterocycles. The van der Waals surface area contributed by atoms with Gasteiger partial charge in [0.1, 0.15) is 0 Å². The lowest BCUT2D eigenvalue weighted by atomic mass is 10.2. The second kappa shape index (κ2) is 9.86. The minimum atomic E-state index is -0.330. The number of rotatable bonds is 6. The molecule has 154 valence electrons. The molecule has 1 aromatic rings. The van der Waals surface area contributed by atoms with Crippen LogP contribution in [0.3, 0.4) is 0 Å². The van der Waals surface area contributed by atoms with Gasteiger partial charge in [-0.15, -0.1) is 0 Å². The molecule has 0 spiro atoms. The molecule has 0 bridgehead atoms. The summed E-state index contributed by atoms with van der Waals surface area (Å²) in [5, 5.41) is 2.96. The molecule has 3 rings (SSSR count). The van der Waals surface area contributed by atoms with Crippen LogP contribution in [0.5, 0.6) is 0 Å². The molecule has 1 unspecified atom stereocenters. The number of quaternary nitrogens is 1. The zero-order valence-electron chi connectivity index (χ0n) is 16.8. The Labute approximate surface area is 166 Å². The van der Waals surface area contributed by atoms with Crippen molar-refractivity contribution in [3.63, 3.8) is 0 Å². The van der Waals surface area contributed by atoms with Gasteiger partial charge in [0.25, 0.3) is 11.8 Å². The summed E-state index contributed by atoms with van der Waals surface area (Å²) in [4.78, 5) is 29.9. The van der Waals surface area contributed by atoms with Crippen molar-refractivity contribution in [2.75, 3.05) is 76.4 Å². The summed E-state index contributed by atoms with van der Waals surface area (Å²) in [6.07, 6.45) is 0. The van der Waals surface area contributed by atoms with Gasteiger partial charge >= 0.3 is 0 Å². The molecule has 28 heavy (non-hydrogen) atoms. The highest BCUT2D eigenvalue weighted by atomic mass is 16.5. The maximum Gasteiger partial charge on any atom is 0.282 e. The van der Waals surface area contributed by atoms with Gasteiger partial charge in [0.05, 0.1) is 33.5 Å². The van der Waals surface area contributed by atoms with E-state index >= 15 is 0 Å². The molecule has 8 nitrogen and oxygen atoms in total. The second-order valence-corrected chi connectivity index (χ2v) is 7.37. The molecular weight excluding hydrogens is 360 g/mol. The summed E-state index contributed by atoms with van der Waals surface area (Å²) in [5.41, 5.74) is 1.90. The molecular formula is C20H31N4O4+. The topological polar surface area (TPSA) is 75.6 Å². The lowest BCUT2D eigenvalue weighted by molar-refractivity contribution is -0.886. The van der Waals surface area contributed by atoms with E-state index in [0.717, 1.165) is 42.6 Å². The third kappa shape index (κ3) is 5.43. The Morgan fingerprint density at radius 3 is 2.21 bits per heavy atom. The van der Waals surface area contributed by atoms with Crippen LogP contribution in [-0.4, -0.2) is 89.0 Å². The number of amides is 2. The number of anilines is 2. The van der Waals surface area contributed by atoms with E-state index in [2.05, 4.69) is 10.2 Å². The first-order chi connectivity index (χ1) is 13.5. The fraction of sp³-hybridized carbons (Fsp3) is 0.600. The molecule has 8 heteroatoms. The maximum atomic E-state index is 12.6. The van der Waals surface area contributed by atoms with E-state index in [0.29, 0.717) is 32.8 Å². The van der Waals surface area contributed by atoms with Crippen molar-refractivity contribution in [2.45, 2.75) is 13.0 Å². The zero-order valence-corrected chi connectivity index (χ0v) is 16.8. The van der Waals surface area contributed by atoms with E-state index in [1.54, 1.807) is 0 Å². The average molecular weight is 391 g/mol. The Kier molecular flexibility index (Phi) is 7.24. The third-order valence-corrected chi connectivity index (χ3v) is 5.44. The quantitative estimate of drug-likeness (QED) is 0.666. The number of morpholine rings is 2. The van der Waals surface area contributed by atoms with Crippen LogP contribution in [0.4, 0.5) is 11.4 Å². The fourth-order valence-corrected chi connectivity index (χ4v) is 3.37. The number of benzene rings is 1. The van der Waals surface area contributed by atoms with Crippen LogP contribution >= 0.6 is 0 Å². The third-order valence-electron chi connectivity index (χ3n) is 5.44. The van der Waals surface area contributed by atoms with Crippen molar-refractivity contribution in [1.29, 1.82) is 0 Å². The summed E-state index contributed by atoms with van der Waals surface area (Å²) < 4.78 is 10.7. The highest BCUT2D eigenvalue weighted by molar-refractivity contribution is 5.94. The van der Waals surface area contributed by atoms with Crippen molar-refractivity contribution < 1.29 is 24.0 Å². The molecule has 2 saturated heterocycles. The summed E-state index contributed by atoms with van der Waals surface area (Å²) >= 11 is 0. The zero-order chi connectivity index (χ0) is 19.9. The number of likely N-dealkylation sites (N-methyl/N-ethyl adjacent to an activating group) is 1. The van der Waals surface area contributed by atoms with Crippen molar-refractivity contribution in [3.05, 3.63) is 24.3 Å². The van der Waals surface area contributed by atoms with E-state index in [1.165, 1.54) is 0 Å². The van der Waals surface area contributed by atoms with Crippen LogP contribution in [0, 0.1) is 0 Å². The summed E-state index contributed by atoms with van der Waals surface area (Å²) in [5.74, 6) is -0.0262. The van der Waals surface area contributed by atoms with Gasteiger partial charge in [-0.2, -0.15) is 0 Å². The second-order valence-electron chi connectivity index (χ2n) is 7.37. The number of ether oxygens (including phenoxy) is 2. The standard InChI is InChI=1S/C20H30N4O4/c1-16(22(2)15-19(25)24-9-13-28-14-10-24)20(26)21-17-3-5-18(6-4-17)23-7-11-27-12-8-23/h3-6,16H,7-15H2,1-2H3,(H,21,26)/p+1/t16-/m0/s1. The van der Waals surface area contributed by atoms with E-state index in [4.69, 9.17) is 9.47 Å². The summed E-state index contributed by atoms with van der Waals surface area (Å²) in [7, 11) is 1.88. The number of hydrogen-bond donors (Lipinski definition) is 2. The number of nitrogens with one attached hydrogen (secondary N) is 2. The SMILES string of the molecule is C[C@@H](C(=O)Nc1ccc(N2CCOCC2)cc1)[NH+](C)CC(=O)N1CCOCC1. The van der Waals surface area contributed by atoms with E-state index in [1.807, 2.05) is 43.1 Å². The number of nitrogens with zero attached hydrogens (tertiary/aromatic N) is 2. The Bertz CT molecular complexity index is 655.